The quantitative estimate of drug-likeness (QED) is 0.601. The minimum absolute atomic E-state index is 0.173. The molecule has 1 aromatic heterocycles. The van der Waals surface area contributed by atoms with Crippen LogP contribution in [0.3, 0.4) is 0 Å². The second-order valence-corrected chi connectivity index (χ2v) is 6.48. The predicted octanol–water partition coefficient (Wildman–Crippen LogP) is 5.53. The number of furan rings is 1. The highest BCUT2D eigenvalue weighted by atomic mass is 35.5. The minimum atomic E-state index is -0.312. The topological polar surface area (TPSA) is 65.7 Å². The molecule has 1 heterocycles. The lowest BCUT2D eigenvalue weighted by atomic mass is 10.2. The van der Waals surface area contributed by atoms with Crippen molar-refractivity contribution in [3.05, 3.63) is 82.2 Å². The van der Waals surface area contributed by atoms with E-state index < -0.39 is 0 Å². The van der Waals surface area contributed by atoms with E-state index in [1.54, 1.807) is 65.8 Å². The largest absolute Gasteiger partial charge is 0.508 e. The van der Waals surface area contributed by atoms with Crippen LogP contribution < -0.4 is 5.32 Å². The van der Waals surface area contributed by atoms with Gasteiger partial charge in [0.05, 0.1) is 22.9 Å². The third kappa shape index (κ3) is 4.71. The molecule has 0 aliphatic heterocycles. The molecule has 0 radical (unpaired) electrons. The minimum Gasteiger partial charge on any atom is -0.508 e. The van der Waals surface area contributed by atoms with E-state index in [4.69, 9.17) is 27.6 Å². The maximum atomic E-state index is 12.8. The van der Waals surface area contributed by atoms with Crippen molar-refractivity contribution in [1.29, 1.82) is 0 Å². The van der Waals surface area contributed by atoms with Crippen molar-refractivity contribution in [1.82, 2.24) is 4.90 Å². The van der Waals surface area contributed by atoms with Gasteiger partial charge in [0.25, 0.3) is 0 Å². The number of nitrogens with zero attached hydrogens (tertiary/aromatic N) is 1. The van der Waals surface area contributed by atoms with Crippen LogP contribution in [0.1, 0.15) is 11.3 Å². The first-order chi connectivity index (χ1) is 12.5. The molecule has 2 amide bonds. The molecule has 0 atom stereocenters. The first kappa shape index (κ1) is 18.2. The summed E-state index contributed by atoms with van der Waals surface area (Å²) >= 11 is 11.9. The van der Waals surface area contributed by atoms with E-state index in [1.165, 1.54) is 0 Å². The summed E-state index contributed by atoms with van der Waals surface area (Å²) in [5, 5.41) is 13.0. The number of benzene rings is 2. The molecule has 0 saturated carbocycles. The zero-order valence-electron chi connectivity index (χ0n) is 13.7. The molecule has 7 heteroatoms. The first-order valence-electron chi connectivity index (χ1n) is 7.82. The standard InChI is InChI=1S/C19H16Cl2N2O3/c20-17-8-5-14(10-18(17)21)22-19(25)23(12-16-2-1-9-26-16)11-13-3-6-15(24)7-4-13/h1-10,24H,11-12H2,(H,22,25). The maximum absolute atomic E-state index is 12.8. The fourth-order valence-electron chi connectivity index (χ4n) is 2.39. The van der Waals surface area contributed by atoms with Crippen LogP contribution in [0.4, 0.5) is 10.5 Å². The number of hydrogen-bond donors (Lipinski definition) is 2. The number of nitrogens with one attached hydrogen (secondary N) is 1. The summed E-state index contributed by atoms with van der Waals surface area (Å²) < 4.78 is 5.36. The molecule has 0 saturated heterocycles. The number of urea groups is 1. The number of carbonyl (C=O) groups excluding carboxylic acids is 1. The molecule has 26 heavy (non-hydrogen) atoms. The van der Waals surface area contributed by atoms with Gasteiger partial charge in [-0.3, -0.25) is 0 Å². The number of amides is 2. The molecule has 0 aliphatic carbocycles. The van der Waals surface area contributed by atoms with Crippen molar-refractivity contribution in [2.24, 2.45) is 0 Å². The lowest BCUT2D eigenvalue weighted by molar-refractivity contribution is 0.201. The third-order valence-corrected chi connectivity index (χ3v) is 4.43. The zero-order valence-corrected chi connectivity index (χ0v) is 15.2. The van der Waals surface area contributed by atoms with Crippen LogP contribution in [0.2, 0.25) is 10.0 Å². The number of phenols is 1. The Labute approximate surface area is 160 Å². The Hall–Kier alpha value is -2.63. The number of aromatic hydroxyl groups is 1. The number of carbonyl (C=O) groups is 1. The Balaban J connectivity index is 1.77. The number of halogens is 2. The summed E-state index contributed by atoms with van der Waals surface area (Å²) in [4.78, 5) is 14.3. The summed E-state index contributed by atoms with van der Waals surface area (Å²) in [6.45, 7) is 0.634. The van der Waals surface area contributed by atoms with Crippen LogP contribution in [0.5, 0.6) is 5.75 Å². The highest BCUT2D eigenvalue weighted by molar-refractivity contribution is 6.42. The summed E-state index contributed by atoms with van der Waals surface area (Å²) in [7, 11) is 0. The van der Waals surface area contributed by atoms with E-state index >= 15 is 0 Å². The predicted molar refractivity (Wildman–Crippen MR) is 102 cm³/mol. The lowest BCUT2D eigenvalue weighted by Crippen LogP contribution is -2.34. The van der Waals surface area contributed by atoms with E-state index in [0.29, 0.717) is 34.6 Å². The van der Waals surface area contributed by atoms with E-state index in [1.807, 2.05) is 0 Å². The number of rotatable bonds is 5. The average molecular weight is 391 g/mol. The van der Waals surface area contributed by atoms with E-state index in [2.05, 4.69) is 5.32 Å². The number of anilines is 1. The fraction of sp³-hybridized carbons (Fsp3) is 0.105. The Morgan fingerprint density at radius 3 is 2.46 bits per heavy atom. The van der Waals surface area contributed by atoms with Gasteiger partial charge in [0.15, 0.2) is 0 Å². The molecule has 3 aromatic rings. The van der Waals surface area contributed by atoms with Crippen LogP contribution in [0, 0.1) is 0 Å². The Morgan fingerprint density at radius 2 is 1.81 bits per heavy atom. The Kier molecular flexibility index (Phi) is 5.71. The number of phenolic OH excluding ortho intramolecular Hbond substituents is 1. The monoisotopic (exact) mass is 390 g/mol. The maximum Gasteiger partial charge on any atom is 0.322 e. The van der Waals surface area contributed by atoms with Gasteiger partial charge >= 0.3 is 6.03 Å². The van der Waals surface area contributed by atoms with Crippen LogP contribution in [0.15, 0.2) is 65.3 Å². The second-order valence-electron chi connectivity index (χ2n) is 5.66. The van der Waals surface area contributed by atoms with Crippen LogP contribution in [-0.2, 0) is 13.1 Å². The van der Waals surface area contributed by atoms with Crippen molar-refractivity contribution in [3.63, 3.8) is 0 Å². The van der Waals surface area contributed by atoms with E-state index in [0.717, 1.165) is 5.56 Å². The van der Waals surface area contributed by atoms with Gasteiger partial charge in [0, 0.05) is 12.2 Å². The van der Waals surface area contributed by atoms with Gasteiger partial charge in [0.1, 0.15) is 11.5 Å². The van der Waals surface area contributed by atoms with Gasteiger partial charge in [0.2, 0.25) is 0 Å². The van der Waals surface area contributed by atoms with Crippen molar-refractivity contribution in [2.45, 2.75) is 13.1 Å². The van der Waals surface area contributed by atoms with Crippen LogP contribution in [0.25, 0.3) is 0 Å². The summed E-state index contributed by atoms with van der Waals surface area (Å²) in [5.74, 6) is 0.833. The molecule has 2 aromatic carbocycles. The molecule has 0 spiro atoms. The highest BCUT2D eigenvalue weighted by Gasteiger charge is 2.17. The van der Waals surface area contributed by atoms with Gasteiger partial charge in [-0.1, -0.05) is 35.3 Å². The van der Waals surface area contributed by atoms with E-state index in [9.17, 15) is 9.90 Å². The third-order valence-electron chi connectivity index (χ3n) is 3.69. The molecule has 5 nitrogen and oxygen atoms in total. The Bertz CT molecular complexity index is 880. The molecule has 0 unspecified atom stereocenters. The van der Waals surface area contributed by atoms with Gasteiger partial charge < -0.3 is 19.7 Å². The van der Waals surface area contributed by atoms with Crippen molar-refractivity contribution < 1.29 is 14.3 Å². The summed E-state index contributed by atoms with van der Waals surface area (Å²) in [5.41, 5.74) is 1.41. The summed E-state index contributed by atoms with van der Waals surface area (Å²) in [6, 6.07) is 14.8. The molecule has 134 valence electrons. The molecular formula is C19H16Cl2N2O3. The smallest absolute Gasteiger partial charge is 0.322 e. The molecule has 0 bridgehead atoms. The molecule has 3 rings (SSSR count). The number of hydrogen-bond acceptors (Lipinski definition) is 3. The highest BCUT2D eigenvalue weighted by Crippen LogP contribution is 2.25. The van der Waals surface area contributed by atoms with Crippen molar-refractivity contribution in [3.8, 4) is 5.75 Å². The van der Waals surface area contributed by atoms with E-state index in [-0.39, 0.29) is 11.8 Å². The van der Waals surface area contributed by atoms with Gasteiger partial charge in [-0.05, 0) is 48.0 Å². The lowest BCUT2D eigenvalue weighted by Gasteiger charge is -2.22. The second kappa shape index (κ2) is 8.17. The molecule has 0 fully saturated rings. The molecule has 0 aliphatic rings. The average Bonchev–Trinajstić information content (AvgIpc) is 3.12. The molecular weight excluding hydrogens is 375 g/mol. The van der Waals surface area contributed by atoms with Crippen molar-refractivity contribution in [2.75, 3.05) is 5.32 Å². The SMILES string of the molecule is O=C(Nc1ccc(Cl)c(Cl)c1)N(Cc1ccc(O)cc1)Cc1ccco1. The Morgan fingerprint density at radius 1 is 1.04 bits per heavy atom. The van der Waals surface area contributed by atoms with Gasteiger partial charge in [-0.15, -0.1) is 0 Å². The molecule has 2 N–H and O–H groups in total. The first-order valence-corrected chi connectivity index (χ1v) is 8.58. The summed E-state index contributed by atoms with van der Waals surface area (Å²) in [6.07, 6.45) is 1.56. The van der Waals surface area contributed by atoms with Gasteiger partial charge in [-0.2, -0.15) is 0 Å². The zero-order chi connectivity index (χ0) is 18.5. The van der Waals surface area contributed by atoms with Crippen molar-refractivity contribution >= 4 is 34.9 Å². The fourth-order valence-corrected chi connectivity index (χ4v) is 2.69. The van der Waals surface area contributed by atoms with Gasteiger partial charge in [-0.25, -0.2) is 4.79 Å². The van der Waals surface area contributed by atoms with Crippen LogP contribution in [-0.4, -0.2) is 16.0 Å². The van der Waals surface area contributed by atoms with Crippen LogP contribution >= 0.6 is 23.2 Å². The normalized spacial score (nSPS) is 10.5.